The van der Waals surface area contributed by atoms with Gasteiger partial charge in [-0.15, -0.1) is 12.4 Å². The Labute approximate surface area is 139 Å². The van der Waals surface area contributed by atoms with E-state index in [4.69, 9.17) is 10.5 Å². The fourth-order valence-electron chi connectivity index (χ4n) is 4.49. The maximum absolute atomic E-state index is 12.6. The lowest BCUT2D eigenvalue weighted by Crippen LogP contribution is -2.63. The summed E-state index contributed by atoms with van der Waals surface area (Å²) in [5.74, 6) is 0.254. The van der Waals surface area contributed by atoms with Crippen LogP contribution >= 0.6 is 12.4 Å². The summed E-state index contributed by atoms with van der Waals surface area (Å²) in [5, 5.41) is 10.2. The fraction of sp³-hybridized carbons (Fsp3) is 0.938. The Kier molecular flexibility index (Phi) is 5.75. The average molecular weight is 333 g/mol. The zero-order chi connectivity index (χ0) is 15.0. The Morgan fingerprint density at radius 2 is 2.05 bits per heavy atom. The largest absolute Gasteiger partial charge is 0.392 e. The van der Waals surface area contributed by atoms with Crippen molar-refractivity contribution in [2.75, 3.05) is 19.7 Å². The number of carbonyl (C=O) groups is 1. The molecule has 3 rings (SSSR count). The van der Waals surface area contributed by atoms with Crippen LogP contribution in [0.5, 0.6) is 0 Å². The van der Waals surface area contributed by atoms with Gasteiger partial charge in [-0.2, -0.15) is 0 Å². The first-order valence-electron chi connectivity index (χ1n) is 8.42. The highest BCUT2D eigenvalue weighted by Crippen LogP contribution is 2.51. The van der Waals surface area contributed by atoms with E-state index in [9.17, 15) is 9.90 Å². The number of hydrogen-bond acceptors (Lipinski definition) is 4. The highest BCUT2D eigenvalue weighted by atomic mass is 35.5. The molecule has 2 saturated carbocycles. The van der Waals surface area contributed by atoms with Gasteiger partial charge < -0.3 is 20.5 Å². The summed E-state index contributed by atoms with van der Waals surface area (Å²) in [6, 6.07) is 0.0406. The zero-order valence-electron chi connectivity index (χ0n) is 13.4. The molecule has 3 aliphatic rings. The van der Waals surface area contributed by atoms with Crippen LogP contribution in [0.4, 0.5) is 0 Å². The van der Waals surface area contributed by atoms with Gasteiger partial charge in [0.05, 0.1) is 18.1 Å². The number of carbonyl (C=O) groups excluding carboxylic acids is 1. The predicted octanol–water partition coefficient (Wildman–Crippen LogP) is 1.31. The first-order chi connectivity index (χ1) is 10.1. The van der Waals surface area contributed by atoms with Gasteiger partial charge in [-0.3, -0.25) is 4.79 Å². The number of rotatable bonds is 3. The number of nitrogens with two attached hydrogens (primary N) is 1. The van der Waals surface area contributed by atoms with Crippen molar-refractivity contribution in [1.82, 2.24) is 4.90 Å². The third kappa shape index (κ3) is 2.88. The summed E-state index contributed by atoms with van der Waals surface area (Å²) in [7, 11) is 0. The number of likely N-dealkylation sites (tertiary alicyclic amines) is 1. The van der Waals surface area contributed by atoms with Crippen molar-refractivity contribution in [2.45, 2.75) is 63.7 Å². The molecule has 5 nitrogen and oxygen atoms in total. The topological polar surface area (TPSA) is 75.8 Å². The lowest BCUT2D eigenvalue weighted by molar-refractivity contribution is -0.210. The molecule has 0 aromatic rings. The number of nitrogens with zero attached hydrogens (tertiary/aromatic N) is 1. The second kappa shape index (κ2) is 7.04. The van der Waals surface area contributed by atoms with E-state index in [-0.39, 0.29) is 47.9 Å². The van der Waals surface area contributed by atoms with E-state index in [1.807, 2.05) is 11.8 Å². The minimum absolute atomic E-state index is 0. The molecule has 1 aliphatic heterocycles. The Morgan fingerprint density at radius 1 is 1.36 bits per heavy atom. The lowest BCUT2D eigenvalue weighted by atomic mass is 9.58. The number of halogens is 1. The quantitative estimate of drug-likeness (QED) is 0.817. The molecule has 1 heterocycles. The molecule has 0 radical (unpaired) electrons. The van der Waals surface area contributed by atoms with E-state index in [0.29, 0.717) is 6.61 Å². The van der Waals surface area contributed by atoms with Gasteiger partial charge >= 0.3 is 0 Å². The highest BCUT2D eigenvalue weighted by Gasteiger charge is 2.56. The van der Waals surface area contributed by atoms with Crippen LogP contribution in [0.2, 0.25) is 0 Å². The van der Waals surface area contributed by atoms with Crippen LogP contribution in [0.15, 0.2) is 0 Å². The molecule has 1 spiro atoms. The monoisotopic (exact) mass is 332 g/mol. The maximum Gasteiger partial charge on any atom is 0.227 e. The van der Waals surface area contributed by atoms with Crippen LogP contribution < -0.4 is 5.73 Å². The standard InChI is InChI=1S/C16H28N2O3.ClH/c1-2-21-14-10-13(19)16(14)6-8-18(9-7-16)15(20)11-4-3-5-12(11)17;/h11-14,19H,2-10,17H2,1H3;1H. The van der Waals surface area contributed by atoms with Crippen LogP contribution in [0.25, 0.3) is 0 Å². The van der Waals surface area contributed by atoms with Crippen molar-refractivity contribution in [3.63, 3.8) is 0 Å². The summed E-state index contributed by atoms with van der Waals surface area (Å²) < 4.78 is 5.77. The van der Waals surface area contributed by atoms with E-state index >= 15 is 0 Å². The molecular formula is C16H29ClN2O3. The number of hydrogen-bond donors (Lipinski definition) is 2. The highest BCUT2D eigenvalue weighted by molar-refractivity contribution is 5.85. The smallest absolute Gasteiger partial charge is 0.227 e. The summed E-state index contributed by atoms with van der Waals surface area (Å²) in [5.41, 5.74) is 5.95. The molecule has 2 aliphatic carbocycles. The molecule has 3 fully saturated rings. The van der Waals surface area contributed by atoms with E-state index < -0.39 is 0 Å². The van der Waals surface area contributed by atoms with Crippen LogP contribution in [-0.2, 0) is 9.53 Å². The van der Waals surface area contributed by atoms with E-state index in [1.54, 1.807) is 0 Å². The molecular weight excluding hydrogens is 304 g/mol. The number of amides is 1. The number of aliphatic hydroxyl groups is 1. The minimum Gasteiger partial charge on any atom is -0.392 e. The normalized spacial score (nSPS) is 36.8. The summed E-state index contributed by atoms with van der Waals surface area (Å²) >= 11 is 0. The molecule has 1 saturated heterocycles. The molecule has 3 N–H and O–H groups in total. The maximum atomic E-state index is 12.6. The number of aliphatic hydroxyl groups excluding tert-OH is 1. The molecule has 128 valence electrons. The molecule has 0 bridgehead atoms. The van der Waals surface area contributed by atoms with Crippen molar-refractivity contribution >= 4 is 18.3 Å². The molecule has 1 amide bonds. The Morgan fingerprint density at radius 3 is 2.55 bits per heavy atom. The van der Waals surface area contributed by atoms with Gasteiger partial charge in [-0.05, 0) is 32.6 Å². The van der Waals surface area contributed by atoms with Gasteiger partial charge in [0.25, 0.3) is 0 Å². The molecule has 6 heteroatoms. The lowest BCUT2D eigenvalue weighted by Gasteiger charge is -2.56. The molecule has 22 heavy (non-hydrogen) atoms. The predicted molar refractivity (Wildman–Crippen MR) is 86.8 cm³/mol. The Balaban J connectivity index is 0.00000176. The SMILES string of the molecule is CCOC1CC(O)C12CCN(C(=O)C1CCCC1N)CC2.Cl. The minimum atomic E-state index is -0.264. The van der Waals surface area contributed by atoms with Crippen molar-refractivity contribution < 1.29 is 14.6 Å². The fourth-order valence-corrected chi connectivity index (χ4v) is 4.49. The van der Waals surface area contributed by atoms with Gasteiger partial charge in [-0.25, -0.2) is 0 Å². The first kappa shape index (κ1) is 18.0. The van der Waals surface area contributed by atoms with Gasteiger partial charge in [0.15, 0.2) is 0 Å². The van der Waals surface area contributed by atoms with Gasteiger partial charge in [0.2, 0.25) is 5.91 Å². The van der Waals surface area contributed by atoms with Crippen LogP contribution in [-0.4, -0.2) is 53.9 Å². The molecule has 4 unspecified atom stereocenters. The zero-order valence-corrected chi connectivity index (χ0v) is 14.2. The third-order valence-corrected chi connectivity index (χ3v) is 6.00. The summed E-state index contributed by atoms with van der Waals surface area (Å²) in [6.07, 6.45) is 5.34. The van der Waals surface area contributed by atoms with E-state index in [1.165, 1.54) is 0 Å². The number of piperidine rings is 1. The summed E-state index contributed by atoms with van der Waals surface area (Å²) in [4.78, 5) is 14.5. The van der Waals surface area contributed by atoms with E-state index in [2.05, 4.69) is 0 Å². The second-order valence-electron chi connectivity index (χ2n) is 6.96. The molecule has 0 aromatic carbocycles. The van der Waals surface area contributed by atoms with Crippen LogP contribution in [0, 0.1) is 11.3 Å². The van der Waals surface area contributed by atoms with Crippen molar-refractivity contribution in [2.24, 2.45) is 17.1 Å². The van der Waals surface area contributed by atoms with Crippen molar-refractivity contribution in [3.8, 4) is 0 Å². The van der Waals surface area contributed by atoms with Gasteiger partial charge in [0, 0.05) is 37.6 Å². The summed E-state index contributed by atoms with van der Waals surface area (Å²) in [6.45, 7) is 4.17. The molecule has 4 atom stereocenters. The Hall–Kier alpha value is -0.360. The second-order valence-corrected chi connectivity index (χ2v) is 6.96. The van der Waals surface area contributed by atoms with Gasteiger partial charge in [-0.1, -0.05) is 6.42 Å². The van der Waals surface area contributed by atoms with Crippen molar-refractivity contribution in [1.29, 1.82) is 0 Å². The third-order valence-electron chi connectivity index (χ3n) is 6.00. The molecule has 0 aromatic heterocycles. The van der Waals surface area contributed by atoms with E-state index in [0.717, 1.165) is 51.6 Å². The average Bonchev–Trinajstić information content (AvgIpc) is 2.92. The van der Waals surface area contributed by atoms with Gasteiger partial charge in [0.1, 0.15) is 0 Å². The number of ether oxygens (including phenoxy) is 1. The van der Waals surface area contributed by atoms with Crippen LogP contribution in [0.3, 0.4) is 0 Å². The van der Waals surface area contributed by atoms with Crippen LogP contribution in [0.1, 0.15) is 45.4 Å². The Bertz CT molecular complexity index is 397. The first-order valence-corrected chi connectivity index (χ1v) is 8.42. The van der Waals surface area contributed by atoms with Crippen molar-refractivity contribution in [3.05, 3.63) is 0 Å².